The van der Waals surface area contributed by atoms with Crippen LogP contribution in [0.2, 0.25) is 0 Å². The van der Waals surface area contributed by atoms with Crippen LogP contribution in [0.15, 0.2) is 51.9 Å². The van der Waals surface area contributed by atoms with Gasteiger partial charge in [0.25, 0.3) is 10.0 Å². The molecule has 9 nitrogen and oxygen atoms in total. The maximum Gasteiger partial charge on any atom is 0.270 e. The van der Waals surface area contributed by atoms with E-state index in [9.17, 15) is 13.2 Å². The number of methoxy groups -OCH3 is 1. The van der Waals surface area contributed by atoms with Gasteiger partial charge in [-0.15, -0.1) is 0 Å². The van der Waals surface area contributed by atoms with Crippen LogP contribution in [0.3, 0.4) is 0 Å². The van der Waals surface area contributed by atoms with Gasteiger partial charge in [-0.3, -0.25) is 9.10 Å². The second kappa shape index (κ2) is 8.83. The lowest BCUT2D eigenvalue weighted by molar-refractivity contribution is -0.114. The van der Waals surface area contributed by atoms with E-state index in [4.69, 9.17) is 9.26 Å². The first-order valence-electron chi connectivity index (χ1n) is 9.96. The predicted molar refractivity (Wildman–Crippen MR) is 126 cm³/mol. The van der Waals surface area contributed by atoms with Crippen LogP contribution in [0.5, 0.6) is 5.75 Å². The smallest absolute Gasteiger partial charge is 0.270 e. The molecule has 0 aliphatic rings. The Hall–Kier alpha value is -3.44. The number of thiazole rings is 1. The zero-order valence-electron chi connectivity index (χ0n) is 18.4. The van der Waals surface area contributed by atoms with Crippen LogP contribution >= 0.6 is 11.3 Å². The summed E-state index contributed by atoms with van der Waals surface area (Å²) in [6, 6.07) is 12.3. The van der Waals surface area contributed by atoms with Gasteiger partial charge in [0.1, 0.15) is 18.0 Å². The minimum atomic E-state index is -4.12. The van der Waals surface area contributed by atoms with Crippen molar-refractivity contribution in [2.75, 3.05) is 23.3 Å². The molecule has 0 saturated carbocycles. The SMILES string of the molecule is COc1ccc2nc(NC(=O)CN(c3ccc(C)cc3)S(=O)(=O)c3c(C)noc3C)sc2c1. The maximum atomic E-state index is 13.5. The van der Waals surface area contributed by atoms with Crippen LogP contribution < -0.4 is 14.4 Å². The number of carbonyl (C=O) groups is 1. The van der Waals surface area contributed by atoms with E-state index in [0.29, 0.717) is 22.1 Å². The molecule has 4 aromatic rings. The van der Waals surface area contributed by atoms with E-state index < -0.39 is 22.5 Å². The molecule has 1 N–H and O–H groups in total. The highest BCUT2D eigenvalue weighted by Gasteiger charge is 2.33. The number of rotatable bonds is 7. The Balaban J connectivity index is 1.65. The van der Waals surface area contributed by atoms with Crippen LogP contribution in [0.25, 0.3) is 10.2 Å². The quantitative estimate of drug-likeness (QED) is 0.419. The van der Waals surface area contributed by atoms with Crippen LogP contribution in [0, 0.1) is 20.8 Å². The van der Waals surface area contributed by atoms with Crippen molar-refractivity contribution in [3.63, 3.8) is 0 Å². The molecular formula is C22H22N4O5S2. The highest BCUT2D eigenvalue weighted by Crippen LogP contribution is 2.30. The Morgan fingerprint density at radius 2 is 1.88 bits per heavy atom. The topological polar surface area (TPSA) is 115 Å². The molecule has 0 aliphatic heterocycles. The van der Waals surface area contributed by atoms with Gasteiger partial charge in [-0.2, -0.15) is 0 Å². The summed E-state index contributed by atoms with van der Waals surface area (Å²) in [6.07, 6.45) is 0. The third-order valence-electron chi connectivity index (χ3n) is 4.97. The number of fused-ring (bicyclic) bond motifs is 1. The number of hydrogen-bond donors (Lipinski definition) is 1. The number of sulfonamides is 1. The molecule has 0 atom stereocenters. The van der Waals surface area contributed by atoms with Crippen molar-refractivity contribution in [3.05, 3.63) is 59.5 Å². The first kappa shape index (κ1) is 22.7. The van der Waals surface area contributed by atoms with Gasteiger partial charge in [-0.1, -0.05) is 34.2 Å². The molecule has 4 rings (SSSR count). The number of aryl methyl sites for hydroxylation is 3. The Morgan fingerprint density at radius 3 is 2.52 bits per heavy atom. The largest absolute Gasteiger partial charge is 0.497 e. The number of carbonyl (C=O) groups excluding carboxylic acids is 1. The minimum absolute atomic E-state index is 0.0528. The fourth-order valence-corrected chi connectivity index (χ4v) is 5.98. The third-order valence-corrected chi connectivity index (χ3v) is 7.92. The van der Waals surface area contributed by atoms with Gasteiger partial charge in [0, 0.05) is 0 Å². The third kappa shape index (κ3) is 4.55. The second-order valence-corrected chi connectivity index (χ2v) is 10.2. The average molecular weight is 487 g/mol. The number of benzene rings is 2. The van der Waals surface area contributed by atoms with Gasteiger partial charge in [-0.25, -0.2) is 13.4 Å². The summed E-state index contributed by atoms with van der Waals surface area (Å²) in [5, 5.41) is 6.83. The molecule has 0 unspecified atom stereocenters. The number of ether oxygens (including phenoxy) is 1. The second-order valence-electron chi connectivity index (χ2n) is 7.40. The van der Waals surface area contributed by atoms with Crippen molar-refractivity contribution in [3.8, 4) is 5.75 Å². The first-order valence-corrected chi connectivity index (χ1v) is 12.2. The number of anilines is 2. The van der Waals surface area contributed by atoms with Crippen molar-refractivity contribution in [2.45, 2.75) is 25.7 Å². The molecule has 33 heavy (non-hydrogen) atoms. The normalized spacial score (nSPS) is 11.5. The summed E-state index contributed by atoms with van der Waals surface area (Å²) in [5.41, 5.74) is 2.24. The number of nitrogens with one attached hydrogen (secondary N) is 1. The zero-order valence-corrected chi connectivity index (χ0v) is 20.1. The number of hydrogen-bond acceptors (Lipinski definition) is 8. The summed E-state index contributed by atoms with van der Waals surface area (Å²) in [4.78, 5) is 17.3. The molecule has 2 heterocycles. The summed E-state index contributed by atoms with van der Waals surface area (Å²) in [6.45, 7) is 4.52. The standard InChI is InChI=1S/C22H22N4O5S2/c1-13-5-7-16(8-6-13)26(33(28,29)21-14(2)25-31-15(21)3)12-20(27)24-22-23-18-10-9-17(30-4)11-19(18)32-22/h5-11H,12H2,1-4H3,(H,23,24,27). The van der Waals surface area contributed by atoms with E-state index in [2.05, 4.69) is 15.5 Å². The Kier molecular flexibility index (Phi) is 6.09. The van der Waals surface area contributed by atoms with Gasteiger partial charge in [0.05, 0.1) is 23.0 Å². The molecular weight excluding hydrogens is 464 g/mol. The number of aromatic nitrogens is 2. The molecule has 0 saturated heterocycles. The lowest BCUT2D eigenvalue weighted by Crippen LogP contribution is -2.38. The maximum absolute atomic E-state index is 13.5. The van der Waals surface area contributed by atoms with Crippen molar-refractivity contribution < 1.29 is 22.5 Å². The van der Waals surface area contributed by atoms with E-state index in [1.165, 1.54) is 18.3 Å². The average Bonchev–Trinajstić information content (AvgIpc) is 3.33. The van der Waals surface area contributed by atoms with Crippen molar-refractivity contribution in [1.82, 2.24) is 10.1 Å². The molecule has 0 spiro atoms. The highest BCUT2D eigenvalue weighted by atomic mass is 32.2. The summed E-state index contributed by atoms with van der Waals surface area (Å²) < 4.78 is 39.2. The fourth-order valence-electron chi connectivity index (χ4n) is 3.35. The minimum Gasteiger partial charge on any atom is -0.497 e. The van der Waals surface area contributed by atoms with Crippen molar-refractivity contribution >= 4 is 48.3 Å². The van der Waals surface area contributed by atoms with Gasteiger partial charge in [0.2, 0.25) is 5.91 Å². The number of nitrogens with zero attached hydrogens (tertiary/aromatic N) is 3. The van der Waals surface area contributed by atoms with Crippen LogP contribution in [0.1, 0.15) is 17.0 Å². The summed E-state index contributed by atoms with van der Waals surface area (Å²) in [7, 11) is -2.55. The van der Waals surface area contributed by atoms with E-state index >= 15 is 0 Å². The van der Waals surface area contributed by atoms with Gasteiger partial charge in [-0.05, 0) is 51.1 Å². The molecule has 2 aromatic carbocycles. The Bertz CT molecular complexity index is 1410. The molecule has 0 aliphatic carbocycles. The number of amides is 1. The predicted octanol–water partition coefficient (Wildman–Crippen LogP) is 4.05. The summed E-state index contributed by atoms with van der Waals surface area (Å²) >= 11 is 1.27. The van der Waals surface area contributed by atoms with Crippen LogP contribution in [-0.2, 0) is 14.8 Å². The van der Waals surface area contributed by atoms with Gasteiger partial charge < -0.3 is 14.6 Å². The van der Waals surface area contributed by atoms with E-state index in [1.807, 2.05) is 13.0 Å². The molecule has 0 fully saturated rings. The van der Waals surface area contributed by atoms with E-state index in [0.717, 1.165) is 14.6 Å². The monoisotopic (exact) mass is 486 g/mol. The fraction of sp³-hybridized carbons (Fsp3) is 0.227. The molecule has 172 valence electrons. The lowest BCUT2D eigenvalue weighted by atomic mass is 10.2. The van der Waals surface area contributed by atoms with Gasteiger partial charge >= 0.3 is 0 Å². The highest BCUT2D eigenvalue weighted by molar-refractivity contribution is 7.93. The van der Waals surface area contributed by atoms with Crippen LogP contribution in [0.4, 0.5) is 10.8 Å². The Morgan fingerprint density at radius 1 is 1.15 bits per heavy atom. The molecule has 2 aromatic heterocycles. The molecule has 0 radical (unpaired) electrons. The van der Waals surface area contributed by atoms with Crippen molar-refractivity contribution in [2.24, 2.45) is 0 Å². The van der Waals surface area contributed by atoms with Gasteiger partial charge in [0.15, 0.2) is 15.8 Å². The summed E-state index contributed by atoms with van der Waals surface area (Å²) in [5.74, 6) is 0.308. The van der Waals surface area contributed by atoms with Crippen LogP contribution in [-0.4, -0.2) is 38.1 Å². The molecule has 1 amide bonds. The zero-order chi connectivity index (χ0) is 23.8. The molecule has 11 heteroatoms. The van der Waals surface area contributed by atoms with E-state index in [1.54, 1.807) is 50.4 Å². The lowest BCUT2D eigenvalue weighted by Gasteiger charge is -2.23. The van der Waals surface area contributed by atoms with Crippen molar-refractivity contribution in [1.29, 1.82) is 0 Å². The first-order chi connectivity index (χ1) is 15.7. The van der Waals surface area contributed by atoms with E-state index in [-0.39, 0.29) is 16.3 Å². The molecule has 0 bridgehead atoms. The Labute approximate surface area is 195 Å².